The second kappa shape index (κ2) is 7.26. The van der Waals surface area contributed by atoms with Gasteiger partial charge in [-0.05, 0) is 43.7 Å². The second-order valence-corrected chi connectivity index (χ2v) is 9.51. The van der Waals surface area contributed by atoms with Crippen LogP contribution in [0.1, 0.15) is 50.5 Å². The number of amidine groups is 1. The van der Waals surface area contributed by atoms with E-state index in [0.717, 1.165) is 19.4 Å². The molecule has 27 heavy (non-hydrogen) atoms. The molecule has 7 heteroatoms. The maximum absolute atomic E-state index is 13.0. The van der Waals surface area contributed by atoms with Crippen LogP contribution in [0.5, 0.6) is 0 Å². The second-order valence-electron chi connectivity index (χ2n) is 7.94. The first-order valence-electron chi connectivity index (χ1n) is 9.92. The highest BCUT2D eigenvalue weighted by Gasteiger charge is 2.36. The summed E-state index contributed by atoms with van der Waals surface area (Å²) in [4.78, 5) is 17.0. The third-order valence-electron chi connectivity index (χ3n) is 6.16. The average Bonchev–Trinajstić information content (AvgIpc) is 3.26. The maximum Gasteiger partial charge on any atom is 0.285 e. The highest BCUT2D eigenvalue weighted by atomic mass is 32.2. The minimum absolute atomic E-state index is 0.0788. The number of sulfonamides is 1. The maximum atomic E-state index is 13.0. The number of benzene rings is 1. The van der Waals surface area contributed by atoms with Crippen molar-refractivity contribution in [1.29, 1.82) is 0 Å². The number of likely N-dealkylation sites (tertiary alicyclic amines) is 1. The van der Waals surface area contributed by atoms with Crippen LogP contribution >= 0.6 is 0 Å². The van der Waals surface area contributed by atoms with Gasteiger partial charge in [0.05, 0.1) is 6.54 Å². The highest BCUT2D eigenvalue weighted by molar-refractivity contribution is 7.90. The molecule has 1 aromatic carbocycles. The van der Waals surface area contributed by atoms with Crippen molar-refractivity contribution in [2.75, 3.05) is 20.1 Å². The zero-order chi connectivity index (χ0) is 19.0. The lowest BCUT2D eigenvalue weighted by molar-refractivity contribution is -0.133. The molecule has 1 amide bonds. The Morgan fingerprint density at radius 2 is 1.89 bits per heavy atom. The van der Waals surface area contributed by atoms with E-state index in [-0.39, 0.29) is 17.3 Å². The van der Waals surface area contributed by atoms with Gasteiger partial charge in [-0.15, -0.1) is 4.40 Å². The normalized spacial score (nSPS) is 24.6. The standard InChI is InChI=1S/C20H27N3O3S/c1-22(20-16-10-5-6-12-18(16)27(25,26)21-20)14-19(24)23-13-7-11-17(23)15-8-3-2-4-9-15/h5-6,10,12,15,17H,2-4,7-9,11,13-14H2,1H3. The van der Waals surface area contributed by atoms with Gasteiger partial charge in [-0.1, -0.05) is 31.4 Å². The third kappa shape index (κ3) is 3.49. The molecule has 2 fully saturated rings. The third-order valence-corrected chi connectivity index (χ3v) is 7.49. The number of likely N-dealkylation sites (N-methyl/N-ethyl adjacent to an activating group) is 1. The lowest BCUT2D eigenvalue weighted by atomic mass is 9.83. The summed E-state index contributed by atoms with van der Waals surface area (Å²) < 4.78 is 28.4. The van der Waals surface area contributed by atoms with Gasteiger partial charge in [0.1, 0.15) is 4.90 Å². The number of hydrogen-bond acceptors (Lipinski definition) is 4. The fourth-order valence-electron chi connectivity index (χ4n) is 4.84. The Labute approximate surface area is 161 Å². The monoisotopic (exact) mass is 389 g/mol. The molecule has 1 unspecified atom stereocenters. The zero-order valence-electron chi connectivity index (χ0n) is 15.8. The summed E-state index contributed by atoms with van der Waals surface area (Å²) in [5, 5.41) is 0. The van der Waals surface area contributed by atoms with Gasteiger partial charge < -0.3 is 9.80 Å². The molecule has 0 N–H and O–H groups in total. The molecule has 4 rings (SSSR count). The summed E-state index contributed by atoms with van der Waals surface area (Å²) in [6.07, 6.45) is 8.47. The first-order valence-corrected chi connectivity index (χ1v) is 11.4. The number of fused-ring (bicyclic) bond motifs is 1. The highest BCUT2D eigenvalue weighted by Crippen LogP contribution is 2.34. The molecule has 0 aromatic heterocycles. The molecule has 0 bridgehead atoms. The van der Waals surface area contributed by atoms with Crippen LogP contribution in [0.15, 0.2) is 33.6 Å². The van der Waals surface area contributed by atoms with Crippen molar-refractivity contribution < 1.29 is 13.2 Å². The van der Waals surface area contributed by atoms with Crippen LogP contribution in [0.4, 0.5) is 0 Å². The van der Waals surface area contributed by atoms with Crippen molar-refractivity contribution in [3.63, 3.8) is 0 Å². The molecule has 6 nitrogen and oxygen atoms in total. The van der Waals surface area contributed by atoms with Crippen LogP contribution in [0.25, 0.3) is 0 Å². The van der Waals surface area contributed by atoms with Gasteiger partial charge in [0, 0.05) is 25.2 Å². The molecule has 2 heterocycles. The zero-order valence-corrected chi connectivity index (χ0v) is 16.6. The van der Waals surface area contributed by atoms with E-state index in [1.165, 1.54) is 32.1 Å². The predicted molar refractivity (Wildman–Crippen MR) is 104 cm³/mol. The summed E-state index contributed by atoms with van der Waals surface area (Å²) >= 11 is 0. The van der Waals surface area contributed by atoms with Crippen molar-refractivity contribution in [3.05, 3.63) is 29.8 Å². The number of carbonyl (C=O) groups is 1. The quantitative estimate of drug-likeness (QED) is 0.797. The van der Waals surface area contributed by atoms with Gasteiger partial charge in [0.25, 0.3) is 10.0 Å². The first kappa shape index (κ1) is 18.5. The van der Waals surface area contributed by atoms with E-state index in [9.17, 15) is 13.2 Å². The number of rotatable bonds is 3. The molecule has 0 radical (unpaired) electrons. The fourth-order valence-corrected chi connectivity index (χ4v) is 6.10. The molecule has 1 saturated carbocycles. The van der Waals surface area contributed by atoms with Gasteiger partial charge >= 0.3 is 0 Å². The van der Waals surface area contributed by atoms with Gasteiger partial charge in [-0.25, -0.2) is 0 Å². The number of nitrogens with zero attached hydrogens (tertiary/aromatic N) is 3. The van der Waals surface area contributed by atoms with Crippen molar-refractivity contribution >= 4 is 21.8 Å². The Bertz CT molecular complexity index is 859. The Balaban J connectivity index is 1.48. The molecule has 1 saturated heterocycles. The van der Waals surface area contributed by atoms with Crippen molar-refractivity contribution in [2.45, 2.75) is 55.9 Å². The van der Waals surface area contributed by atoms with Gasteiger partial charge in [0.2, 0.25) is 5.91 Å². The number of hydrogen-bond donors (Lipinski definition) is 0. The molecular weight excluding hydrogens is 362 g/mol. The van der Waals surface area contributed by atoms with Gasteiger partial charge in [-0.2, -0.15) is 8.42 Å². The van der Waals surface area contributed by atoms with Crippen molar-refractivity contribution in [2.24, 2.45) is 10.3 Å². The summed E-state index contributed by atoms with van der Waals surface area (Å²) in [5.74, 6) is 1.07. The predicted octanol–water partition coefficient (Wildman–Crippen LogP) is 2.64. The molecule has 146 valence electrons. The van der Waals surface area contributed by atoms with E-state index in [0.29, 0.717) is 23.4 Å². The van der Waals surface area contributed by atoms with Crippen LogP contribution in [0, 0.1) is 5.92 Å². The summed E-state index contributed by atoms with van der Waals surface area (Å²) in [5.41, 5.74) is 0.582. The number of carbonyl (C=O) groups excluding carboxylic acids is 1. The van der Waals surface area contributed by atoms with E-state index in [1.807, 2.05) is 4.90 Å². The lowest BCUT2D eigenvalue weighted by Gasteiger charge is -2.35. The lowest BCUT2D eigenvalue weighted by Crippen LogP contribution is -2.46. The van der Waals surface area contributed by atoms with Crippen LogP contribution in [0.3, 0.4) is 0 Å². The summed E-state index contributed by atoms with van der Waals surface area (Å²) in [6.45, 7) is 0.973. The Hall–Kier alpha value is -1.89. The number of amides is 1. The van der Waals surface area contributed by atoms with E-state index in [1.54, 1.807) is 36.2 Å². The fraction of sp³-hybridized carbons (Fsp3) is 0.600. The van der Waals surface area contributed by atoms with E-state index in [2.05, 4.69) is 4.40 Å². The van der Waals surface area contributed by atoms with Crippen LogP contribution in [-0.2, 0) is 14.8 Å². The molecule has 0 spiro atoms. The van der Waals surface area contributed by atoms with Gasteiger partial charge in [-0.3, -0.25) is 4.79 Å². The Morgan fingerprint density at radius 3 is 2.67 bits per heavy atom. The Kier molecular flexibility index (Phi) is 4.97. The van der Waals surface area contributed by atoms with Gasteiger partial charge in [0.15, 0.2) is 5.84 Å². The van der Waals surface area contributed by atoms with E-state index < -0.39 is 10.0 Å². The minimum atomic E-state index is -3.66. The molecule has 1 atom stereocenters. The molecule has 1 aromatic rings. The van der Waals surface area contributed by atoms with Crippen molar-refractivity contribution in [1.82, 2.24) is 9.80 Å². The molecule has 2 aliphatic heterocycles. The van der Waals surface area contributed by atoms with E-state index >= 15 is 0 Å². The molecular formula is C20H27N3O3S. The molecule has 3 aliphatic rings. The van der Waals surface area contributed by atoms with Crippen LogP contribution < -0.4 is 0 Å². The molecule has 1 aliphatic carbocycles. The van der Waals surface area contributed by atoms with E-state index in [4.69, 9.17) is 0 Å². The Morgan fingerprint density at radius 1 is 1.15 bits per heavy atom. The smallest absolute Gasteiger partial charge is 0.285 e. The summed E-state index contributed by atoms with van der Waals surface area (Å²) in [7, 11) is -1.91. The average molecular weight is 390 g/mol. The first-order chi connectivity index (χ1) is 13.0. The summed E-state index contributed by atoms with van der Waals surface area (Å²) in [6, 6.07) is 7.16. The van der Waals surface area contributed by atoms with Crippen molar-refractivity contribution in [3.8, 4) is 0 Å². The SMILES string of the molecule is CN(CC(=O)N1CCCC1C1CCCCC1)C1=NS(=O)(=O)c2ccccc21. The minimum Gasteiger partial charge on any atom is -0.349 e. The van der Waals surface area contributed by atoms with Crippen LogP contribution in [0.2, 0.25) is 0 Å². The topological polar surface area (TPSA) is 70.1 Å². The van der Waals surface area contributed by atoms with Crippen LogP contribution in [-0.4, -0.2) is 56.1 Å². The largest absolute Gasteiger partial charge is 0.349 e.